The molecule has 1 N–H and O–H groups in total. The summed E-state index contributed by atoms with van der Waals surface area (Å²) in [4.78, 5) is 12.7. The van der Waals surface area contributed by atoms with Crippen molar-refractivity contribution >= 4 is 11.6 Å². The lowest BCUT2D eigenvalue weighted by Gasteiger charge is -2.27. The fourth-order valence-electron chi connectivity index (χ4n) is 3.01. The topological polar surface area (TPSA) is 71.3 Å². The molecule has 0 spiro atoms. The van der Waals surface area contributed by atoms with Crippen molar-refractivity contribution in [3.63, 3.8) is 0 Å². The number of nitrogens with zero attached hydrogens (tertiary/aromatic N) is 1. The summed E-state index contributed by atoms with van der Waals surface area (Å²) >= 11 is 0. The Morgan fingerprint density at radius 1 is 1.38 bits per heavy atom. The number of amides is 1. The molecule has 0 radical (unpaired) electrons. The van der Waals surface area contributed by atoms with Gasteiger partial charge in [0.1, 0.15) is 17.4 Å². The molecule has 0 aliphatic heterocycles. The molecule has 1 saturated carbocycles. The molecule has 0 bridgehead atoms. The normalized spacial score (nSPS) is 17.1. The van der Waals surface area contributed by atoms with Crippen molar-refractivity contribution < 1.29 is 14.3 Å². The molecule has 0 unspecified atom stereocenters. The largest absolute Gasteiger partial charge is 0.491 e. The first-order valence-electron chi connectivity index (χ1n) is 8.71. The van der Waals surface area contributed by atoms with Crippen LogP contribution in [0.5, 0.6) is 5.75 Å². The average Bonchev–Trinajstić information content (AvgIpc) is 3.06. The molecule has 130 valence electrons. The van der Waals surface area contributed by atoms with Gasteiger partial charge in [0.25, 0.3) is 5.91 Å². The molecule has 1 aromatic rings. The second-order valence-electron chi connectivity index (χ2n) is 6.24. The van der Waals surface area contributed by atoms with Gasteiger partial charge in [-0.3, -0.25) is 4.79 Å². The molecule has 5 heteroatoms. The summed E-state index contributed by atoms with van der Waals surface area (Å²) < 4.78 is 11.5. The van der Waals surface area contributed by atoms with Gasteiger partial charge in [0.2, 0.25) is 0 Å². The zero-order chi connectivity index (χ0) is 17.6. The van der Waals surface area contributed by atoms with Crippen LogP contribution in [-0.4, -0.2) is 24.2 Å². The van der Waals surface area contributed by atoms with Crippen LogP contribution in [0.25, 0.3) is 0 Å². The lowest BCUT2D eigenvalue weighted by molar-refractivity contribution is -0.140. The third kappa shape index (κ3) is 4.07. The van der Waals surface area contributed by atoms with E-state index in [1.54, 1.807) is 18.2 Å². The first kappa shape index (κ1) is 18.3. The molecule has 1 aromatic carbocycles. The van der Waals surface area contributed by atoms with Crippen LogP contribution in [0.1, 0.15) is 58.4 Å². The zero-order valence-electron chi connectivity index (χ0n) is 14.7. The number of benzene rings is 1. The first-order valence-corrected chi connectivity index (χ1v) is 8.71. The minimum Gasteiger partial charge on any atom is -0.491 e. The third-order valence-corrected chi connectivity index (χ3v) is 4.52. The predicted octanol–water partition coefficient (Wildman–Crippen LogP) is 4.02. The van der Waals surface area contributed by atoms with E-state index in [4.69, 9.17) is 9.47 Å². The highest BCUT2D eigenvalue weighted by Crippen LogP contribution is 2.35. The smallest absolute Gasteiger partial charge is 0.256 e. The quantitative estimate of drug-likeness (QED) is 0.819. The summed E-state index contributed by atoms with van der Waals surface area (Å²) in [5, 5.41) is 12.3. The van der Waals surface area contributed by atoms with Gasteiger partial charge in [0, 0.05) is 12.7 Å². The van der Waals surface area contributed by atoms with E-state index in [0.717, 1.165) is 32.1 Å². The van der Waals surface area contributed by atoms with Crippen molar-refractivity contribution in [2.24, 2.45) is 0 Å². The standard InChI is InChI=1S/C19H26N2O3/c1-4-14(3)24-16-8-9-17(15(12-16)13-20)21-18(22)19(23-5-2)10-6-7-11-19/h8-9,12,14H,4-7,10-11H2,1-3H3,(H,21,22)/t14-/m1/s1. The maximum atomic E-state index is 12.7. The number of nitriles is 1. The van der Waals surface area contributed by atoms with Gasteiger partial charge in [-0.1, -0.05) is 6.92 Å². The van der Waals surface area contributed by atoms with Crippen LogP contribution in [0.3, 0.4) is 0 Å². The average molecular weight is 330 g/mol. The Bertz CT molecular complexity index is 616. The molecular weight excluding hydrogens is 304 g/mol. The SMILES string of the molecule is CCOC1(C(=O)Nc2ccc(O[C@H](C)CC)cc2C#N)CCCC1. The highest BCUT2D eigenvalue weighted by molar-refractivity contribution is 5.98. The van der Waals surface area contributed by atoms with Gasteiger partial charge < -0.3 is 14.8 Å². The number of carbonyl (C=O) groups is 1. The Labute approximate surface area is 144 Å². The van der Waals surface area contributed by atoms with Gasteiger partial charge in [0.15, 0.2) is 0 Å². The zero-order valence-corrected chi connectivity index (χ0v) is 14.7. The molecule has 1 amide bonds. The van der Waals surface area contributed by atoms with E-state index < -0.39 is 5.60 Å². The Kier molecular flexibility index (Phi) is 6.22. The monoisotopic (exact) mass is 330 g/mol. The lowest BCUT2D eigenvalue weighted by atomic mass is 10.0. The number of nitrogens with one attached hydrogen (secondary N) is 1. The second kappa shape index (κ2) is 8.16. The minimum atomic E-state index is -0.757. The van der Waals surface area contributed by atoms with E-state index in [1.165, 1.54) is 0 Å². The summed E-state index contributed by atoms with van der Waals surface area (Å²) in [6, 6.07) is 7.31. The summed E-state index contributed by atoms with van der Waals surface area (Å²) in [6.45, 7) is 6.42. The highest BCUT2D eigenvalue weighted by atomic mass is 16.5. The van der Waals surface area contributed by atoms with E-state index >= 15 is 0 Å². The predicted molar refractivity (Wildman–Crippen MR) is 93.0 cm³/mol. The van der Waals surface area contributed by atoms with Crippen molar-refractivity contribution in [3.05, 3.63) is 23.8 Å². The van der Waals surface area contributed by atoms with E-state index in [1.807, 2.05) is 20.8 Å². The summed E-state index contributed by atoms with van der Waals surface area (Å²) in [5.41, 5.74) is 0.145. The molecule has 24 heavy (non-hydrogen) atoms. The van der Waals surface area contributed by atoms with Gasteiger partial charge in [-0.25, -0.2) is 0 Å². The molecule has 0 heterocycles. The van der Waals surface area contributed by atoms with Crippen LogP contribution in [0, 0.1) is 11.3 Å². The van der Waals surface area contributed by atoms with Crippen molar-refractivity contribution in [2.75, 3.05) is 11.9 Å². The van der Waals surface area contributed by atoms with Crippen LogP contribution in [-0.2, 0) is 9.53 Å². The van der Waals surface area contributed by atoms with Crippen molar-refractivity contribution in [1.29, 1.82) is 5.26 Å². The number of ether oxygens (including phenoxy) is 2. The Balaban J connectivity index is 2.17. The Morgan fingerprint density at radius 2 is 2.08 bits per heavy atom. The van der Waals surface area contributed by atoms with Gasteiger partial charge in [-0.05, 0) is 58.1 Å². The molecule has 1 fully saturated rings. The number of hydrogen-bond donors (Lipinski definition) is 1. The number of rotatable bonds is 7. The van der Waals surface area contributed by atoms with E-state index in [2.05, 4.69) is 11.4 Å². The fourth-order valence-corrected chi connectivity index (χ4v) is 3.01. The molecule has 0 aromatic heterocycles. The molecule has 0 saturated heterocycles. The summed E-state index contributed by atoms with van der Waals surface area (Å²) in [5.74, 6) is 0.480. The Hall–Kier alpha value is -2.06. The van der Waals surface area contributed by atoms with Crippen molar-refractivity contribution in [3.8, 4) is 11.8 Å². The van der Waals surface area contributed by atoms with Crippen LogP contribution < -0.4 is 10.1 Å². The number of hydrogen-bond acceptors (Lipinski definition) is 4. The van der Waals surface area contributed by atoms with Crippen LogP contribution in [0.2, 0.25) is 0 Å². The van der Waals surface area contributed by atoms with Crippen molar-refractivity contribution in [1.82, 2.24) is 0 Å². The van der Waals surface area contributed by atoms with Crippen LogP contribution >= 0.6 is 0 Å². The molecule has 1 aliphatic carbocycles. The maximum absolute atomic E-state index is 12.7. The Morgan fingerprint density at radius 3 is 2.67 bits per heavy atom. The summed E-state index contributed by atoms with van der Waals surface area (Å²) in [7, 11) is 0. The van der Waals surface area contributed by atoms with Gasteiger partial charge in [-0.15, -0.1) is 0 Å². The van der Waals surface area contributed by atoms with Crippen LogP contribution in [0.4, 0.5) is 5.69 Å². The molecular formula is C19H26N2O3. The second-order valence-corrected chi connectivity index (χ2v) is 6.24. The highest BCUT2D eigenvalue weighted by Gasteiger charge is 2.42. The minimum absolute atomic E-state index is 0.0803. The maximum Gasteiger partial charge on any atom is 0.256 e. The molecule has 1 atom stereocenters. The number of anilines is 1. The molecule has 2 rings (SSSR count). The number of carbonyl (C=O) groups excluding carboxylic acids is 1. The molecule has 1 aliphatic rings. The van der Waals surface area contributed by atoms with Crippen molar-refractivity contribution in [2.45, 2.75) is 64.6 Å². The van der Waals surface area contributed by atoms with Gasteiger partial charge >= 0.3 is 0 Å². The van der Waals surface area contributed by atoms with E-state index in [-0.39, 0.29) is 12.0 Å². The van der Waals surface area contributed by atoms with Crippen LogP contribution in [0.15, 0.2) is 18.2 Å². The third-order valence-electron chi connectivity index (χ3n) is 4.52. The lowest BCUT2D eigenvalue weighted by Crippen LogP contribution is -2.43. The van der Waals surface area contributed by atoms with E-state index in [9.17, 15) is 10.1 Å². The van der Waals surface area contributed by atoms with E-state index in [0.29, 0.717) is 23.6 Å². The fraction of sp³-hybridized carbons (Fsp3) is 0.579. The van der Waals surface area contributed by atoms with Gasteiger partial charge in [0.05, 0.1) is 17.4 Å². The summed E-state index contributed by atoms with van der Waals surface area (Å²) in [6.07, 6.45) is 4.39. The van der Waals surface area contributed by atoms with Gasteiger partial charge in [-0.2, -0.15) is 5.26 Å². The molecule has 5 nitrogen and oxygen atoms in total. The first-order chi connectivity index (χ1) is 11.5.